The van der Waals surface area contributed by atoms with Gasteiger partial charge >= 0.3 is 0 Å². The van der Waals surface area contributed by atoms with Crippen LogP contribution in [0, 0.1) is 11.8 Å². The molecule has 2 unspecified atom stereocenters. The lowest BCUT2D eigenvalue weighted by molar-refractivity contribution is 0.0382. The first kappa shape index (κ1) is 18.7. The summed E-state index contributed by atoms with van der Waals surface area (Å²) in [4.78, 5) is 8.27. The van der Waals surface area contributed by atoms with Gasteiger partial charge in [-0.25, -0.2) is 0 Å². The minimum atomic E-state index is 0.349. The Morgan fingerprint density at radius 1 is 0.750 bits per heavy atom. The summed E-state index contributed by atoms with van der Waals surface area (Å²) in [6.45, 7) is 22.2. The zero-order chi connectivity index (χ0) is 17.5. The van der Waals surface area contributed by atoms with Crippen LogP contribution >= 0.6 is 0 Å². The normalized spacial score (nSPS) is 32.2. The van der Waals surface area contributed by atoms with Crippen LogP contribution in [0.5, 0.6) is 0 Å². The molecule has 3 fully saturated rings. The molecule has 0 amide bonds. The van der Waals surface area contributed by atoms with Gasteiger partial charge in [-0.3, -0.25) is 9.80 Å². The first-order valence-corrected chi connectivity index (χ1v) is 10.4. The van der Waals surface area contributed by atoms with Gasteiger partial charge < -0.3 is 4.90 Å². The molecule has 0 aromatic carbocycles. The highest BCUT2D eigenvalue weighted by Gasteiger charge is 2.42. The molecular formula is C21H41N3. The van der Waals surface area contributed by atoms with Crippen LogP contribution in [0.2, 0.25) is 0 Å². The van der Waals surface area contributed by atoms with Crippen molar-refractivity contribution in [3.8, 4) is 0 Å². The molecule has 140 valence electrons. The Kier molecular flexibility index (Phi) is 5.36. The molecule has 3 heteroatoms. The fraction of sp³-hybridized carbons (Fsp3) is 1.00. The van der Waals surface area contributed by atoms with E-state index in [0.29, 0.717) is 11.1 Å². The summed E-state index contributed by atoms with van der Waals surface area (Å²) in [6, 6.07) is 0.851. The standard InChI is InChI=1S/C21H41N3/c1-20(2,3)23-12-7-17(8-13-23)15-22-11-10-19-18(16-22)9-14-24(19)21(4,5)6/h17-19H,7-16H2,1-6H3. The molecule has 3 saturated heterocycles. The maximum absolute atomic E-state index is 2.81. The van der Waals surface area contributed by atoms with Crippen LogP contribution < -0.4 is 0 Å². The van der Waals surface area contributed by atoms with E-state index in [0.717, 1.165) is 17.9 Å². The van der Waals surface area contributed by atoms with Crippen molar-refractivity contribution in [3.05, 3.63) is 0 Å². The molecule has 0 N–H and O–H groups in total. The molecule has 3 aliphatic rings. The van der Waals surface area contributed by atoms with Crippen LogP contribution in [0.25, 0.3) is 0 Å². The molecular weight excluding hydrogens is 294 g/mol. The summed E-state index contributed by atoms with van der Waals surface area (Å²) in [5.41, 5.74) is 0.699. The quantitative estimate of drug-likeness (QED) is 0.762. The predicted octanol–water partition coefficient (Wildman–Crippen LogP) is 3.69. The van der Waals surface area contributed by atoms with Crippen LogP contribution in [0.4, 0.5) is 0 Å². The van der Waals surface area contributed by atoms with E-state index in [1.54, 1.807) is 0 Å². The number of piperidine rings is 2. The molecule has 3 aliphatic heterocycles. The molecule has 0 spiro atoms. The summed E-state index contributed by atoms with van der Waals surface area (Å²) in [7, 11) is 0. The molecule has 0 saturated carbocycles. The van der Waals surface area contributed by atoms with Crippen molar-refractivity contribution in [3.63, 3.8) is 0 Å². The van der Waals surface area contributed by atoms with E-state index in [1.165, 1.54) is 65.0 Å². The van der Waals surface area contributed by atoms with Gasteiger partial charge in [0.05, 0.1) is 0 Å². The summed E-state index contributed by atoms with van der Waals surface area (Å²) in [5, 5.41) is 0. The minimum Gasteiger partial charge on any atom is -0.303 e. The van der Waals surface area contributed by atoms with Gasteiger partial charge in [0.2, 0.25) is 0 Å². The SMILES string of the molecule is CC(C)(C)N1CCC(CN2CCC3C(CCN3C(C)(C)C)C2)CC1. The van der Waals surface area contributed by atoms with Gasteiger partial charge in [-0.05, 0) is 105 Å². The van der Waals surface area contributed by atoms with Crippen molar-refractivity contribution in [2.24, 2.45) is 11.8 Å². The zero-order valence-electron chi connectivity index (χ0n) is 17.1. The maximum atomic E-state index is 2.81. The third-order valence-electron chi connectivity index (χ3n) is 6.86. The second-order valence-electron chi connectivity index (χ2n) is 10.6. The average Bonchev–Trinajstić information content (AvgIpc) is 2.90. The summed E-state index contributed by atoms with van der Waals surface area (Å²) in [5.74, 6) is 1.85. The summed E-state index contributed by atoms with van der Waals surface area (Å²) >= 11 is 0. The topological polar surface area (TPSA) is 9.72 Å². The average molecular weight is 336 g/mol. The van der Waals surface area contributed by atoms with Gasteiger partial charge in [0.15, 0.2) is 0 Å². The predicted molar refractivity (Wildman–Crippen MR) is 103 cm³/mol. The van der Waals surface area contributed by atoms with Crippen LogP contribution in [0.1, 0.15) is 67.2 Å². The lowest BCUT2D eigenvalue weighted by Crippen LogP contribution is -2.52. The lowest BCUT2D eigenvalue weighted by Gasteiger charge is -2.45. The molecule has 3 heterocycles. The van der Waals surface area contributed by atoms with E-state index in [4.69, 9.17) is 0 Å². The lowest BCUT2D eigenvalue weighted by atomic mass is 9.88. The Morgan fingerprint density at radius 2 is 1.42 bits per heavy atom. The Labute approximate surface area is 150 Å². The van der Waals surface area contributed by atoms with E-state index < -0.39 is 0 Å². The highest BCUT2D eigenvalue weighted by atomic mass is 15.3. The zero-order valence-corrected chi connectivity index (χ0v) is 17.1. The molecule has 0 aromatic rings. The van der Waals surface area contributed by atoms with Crippen molar-refractivity contribution >= 4 is 0 Å². The second-order valence-corrected chi connectivity index (χ2v) is 10.6. The molecule has 2 atom stereocenters. The number of likely N-dealkylation sites (tertiary alicyclic amines) is 3. The second kappa shape index (κ2) is 6.89. The fourth-order valence-corrected chi connectivity index (χ4v) is 5.41. The molecule has 3 nitrogen and oxygen atoms in total. The van der Waals surface area contributed by atoms with Crippen molar-refractivity contribution in [2.75, 3.05) is 39.3 Å². The fourth-order valence-electron chi connectivity index (χ4n) is 5.41. The van der Waals surface area contributed by atoms with Crippen LogP contribution in [-0.4, -0.2) is 71.1 Å². The molecule has 0 bridgehead atoms. The molecule has 24 heavy (non-hydrogen) atoms. The Morgan fingerprint density at radius 3 is 2.00 bits per heavy atom. The first-order valence-electron chi connectivity index (χ1n) is 10.4. The van der Waals surface area contributed by atoms with Gasteiger partial charge in [0, 0.05) is 30.2 Å². The highest BCUT2D eigenvalue weighted by molar-refractivity contribution is 4.97. The monoisotopic (exact) mass is 335 g/mol. The van der Waals surface area contributed by atoms with Crippen LogP contribution in [-0.2, 0) is 0 Å². The first-order chi connectivity index (χ1) is 11.1. The number of nitrogens with zero attached hydrogens (tertiary/aromatic N) is 3. The Hall–Kier alpha value is -0.120. The van der Waals surface area contributed by atoms with E-state index in [1.807, 2.05) is 0 Å². The minimum absolute atomic E-state index is 0.349. The largest absolute Gasteiger partial charge is 0.303 e. The third kappa shape index (κ3) is 4.16. The number of rotatable bonds is 2. The van der Waals surface area contributed by atoms with Crippen molar-refractivity contribution < 1.29 is 0 Å². The Bertz CT molecular complexity index is 412. The van der Waals surface area contributed by atoms with Gasteiger partial charge in [0.1, 0.15) is 0 Å². The molecule has 3 rings (SSSR count). The number of hydrogen-bond acceptors (Lipinski definition) is 3. The van der Waals surface area contributed by atoms with Gasteiger partial charge in [-0.2, -0.15) is 0 Å². The van der Waals surface area contributed by atoms with Crippen molar-refractivity contribution in [2.45, 2.75) is 84.3 Å². The van der Waals surface area contributed by atoms with E-state index in [9.17, 15) is 0 Å². The Balaban J connectivity index is 1.46. The van der Waals surface area contributed by atoms with Crippen LogP contribution in [0.15, 0.2) is 0 Å². The van der Waals surface area contributed by atoms with Gasteiger partial charge in [0.25, 0.3) is 0 Å². The van der Waals surface area contributed by atoms with E-state index in [2.05, 4.69) is 56.2 Å². The van der Waals surface area contributed by atoms with E-state index in [-0.39, 0.29) is 0 Å². The highest BCUT2D eigenvalue weighted by Crippen LogP contribution is 2.36. The summed E-state index contributed by atoms with van der Waals surface area (Å²) < 4.78 is 0. The number of hydrogen-bond donors (Lipinski definition) is 0. The van der Waals surface area contributed by atoms with Gasteiger partial charge in [-0.1, -0.05) is 0 Å². The summed E-state index contributed by atoms with van der Waals surface area (Å²) in [6.07, 6.45) is 5.61. The van der Waals surface area contributed by atoms with Gasteiger partial charge in [-0.15, -0.1) is 0 Å². The molecule has 0 radical (unpaired) electrons. The maximum Gasteiger partial charge on any atom is 0.0154 e. The van der Waals surface area contributed by atoms with Crippen molar-refractivity contribution in [1.29, 1.82) is 0 Å². The number of fused-ring (bicyclic) bond motifs is 1. The smallest absolute Gasteiger partial charge is 0.0154 e. The molecule has 0 aliphatic carbocycles. The van der Waals surface area contributed by atoms with Crippen molar-refractivity contribution in [1.82, 2.24) is 14.7 Å². The third-order valence-corrected chi connectivity index (χ3v) is 6.86. The van der Waals surface area contributed by atoms with E-state index >= 15 is 0 Å². The van der Waals surface area contributed by atoms with Crippen LogP contribution in [0.3, 0.4) is 0 Å². The molecule has 0 aromatic heterocycles.